The van der Waals surface area contributed by atoms with E-state index < -0.39 is 53.8 Å². The van der Waals surface area contributed by atoms with Crippen LogP contribution in [0.4, 0.5) is 9.18 Å². The van der Waals surface area contributed by atoms with Crippen molar-refractivity contribution in [2.75, 3.05) is 13.7 Å². The number of halogens is 1. The van der Waals surface area contributed by atoms with Gasteiger partial charge in [-0.15, -0.1) is 0 Å². The summed E-state index contributed by atoms with van der Waals surface area (Å²) in [7, 11) is 1.22. The Hall–Kier alpha value is -3.96. The lowest BCUT2D eigenvalue weighted by Crippen LogP contribution is -2.59. The molecule has 41 heavy (non-hydrogen) atoms. The molecule has 11 nitrogen and oxygen atoms in total. The highest BCUT2D eigenvalue weighted by Gasteiger charge is 2.31. The monoisotopic (exact) mass is 575 g/mol. The Kier molecular flexibility index (Phi) is 13.2. The number of carbonyl (C=O) groups is 5. The van der Waals surface area contributed by atoms with Crippen LogP contribution in [-0.2, 0) is 30.3 Å². The number of ether oxygens (including phenoxy) is 1. The molecule has 0 unspecified atom stereocenters. The zero-order valence-electron chi connectivity index (χ0n) is 24.3. The Labute approximate surface area is 240 Å². The third-order valence-corrected chi connectivity index (χ3v) is 6.70. The van der Waals surface area contributed by atoms with E-state index in [-0.39, 0.29) is 30.6 Å². The molecule has 5 amide bonds. The first-order chi connectivity index (χ1) is 19.4. The number of hydrogen-bond acceptors (Lipinski definition) is 6. The van der Waals surface area contributed by atoms with Crippen LogP contribution in [0.25, 0.3) is 0 Å². The molecule has 0 fully saturated rings. The minimum Gasteiger partial charge on any atom is -0.467 e. The van der Waals surface area contributed by atoms with E-state index in [9.17, 15) is 28.4 Å². The van der Waals surface area contributed by atoms with Crippen LogP contribution in [-0.4, -0.2) is 67.5 Å². The highest BCUT2D eigenvalue weighted by atomic mass is 19.1. The highest BCUT2D eigenvalue weighted by molar-refractivity contribution is 5.93. The maximum absolute atomic E-state index is 14.3. The molecule has 4 atom stereocenters. The maximum Gasteiger partial charge on any atom is 0.328 e. The van der Waals surface area contributed by atoms with Gasteiger partial charge in [0.15, 0.2) is 0 Å². The first-order valence-electron chi connectivity index (χ1n) is 13.9. The number of rotatable bonds is 9. The quantitative estimate of drug-likeness (QED) is 0.283. The molecule has 0 aromatic heterocycles. The van der Waals surface area contributed by atoms with Gasteiger partial charge in [0, 0.05) is 12.6 Å². The topological polar surface area (TPSA) is 155 Å². The molecule has 0 saturated heterocycles. The number of urea groups is 1. The summed E-state index contributed by atoms with van der Waals surface area (Å²) in [5, 5.41) is 13.5. The molecule has 0 saturated carbocycles. The third-order valence-electron chi connectivity index (χ3n) is 6.70. The molecule has 226 valence electrons. The fourth-order valence-corrected chi connectivity index (χ4v) is 4.31. The smallest absolute Gasteiger partial charge is 0.328 e. The lowest BCUT2D eigenvalue weighted by molar-refractivity contribution is -0.144. The second-order valence-corrected chi connectivity index (χ2v) is 10.7. The fraction of sp³-hybridized carbons (Fsp3) is 0.552. The van der Waals surface area contributed by atoms with Crippen LogP contribution in [0.15, 0.2) is 36.4 Å². The van der Waals surface area contributed by atoms with Gasteiger partial charge in [0.1, 0.15) is 23.9 Å². The van der Waals surface area contributed by atoms with Crippen LogP contribution in [0.5, 0.6) is 0 Å². The molecule has 1 aliphatic heterocycles. The second-order valence-electron chi connectivity index (χ2n) is 10.7. The molecule has 2 rings (SSSR count). The molecule has 0 spiro atoms. The van der Waals surface area contributed by atoms with Crippen molar-refractivity contribution < 1.29 is 33.1 Å². The van der Waals surface area contributed by atoms with E-state index >= 15 is 0 Å². The Morgan fingerprint density at radius 2 is 1.68 bits per heavy atom. The summed E-state index contributed by atoms with van der Waals surface area (Å²) in [5.41, 5.74) is 0.359. The summed E-state index contributed by atoms with van der Waals surface area (Å²) in [5.74, 6) is -3.04. The largest absolute Gasteiger partial charge is 0.467 e. The number of methoxy groups -OCH3 is 1. The Morgan fingerprint density at radius 3 is 2.32 bits per heavy atom. The standard InChI is InChI=1S/C29H42FN5O6/c1-17(2)24(34-29(40)35-25(18(3)4)28(39)41-5)27(38)33-22-12-8-9-15-31-23(36)14-13-20(32-26(22)37)16-19-10-6-7-11-21(19)30/h6-7,10-11,13-14,17-18,20,22,24-25H,8-9,12,15-16H2,1-5H3,(H,31,36)(H,32,37)(H,33,38)(H2,34,35,40)/b14-13-/t20-,22+,24+,25+/m1/s1. The minimum absolute atomic E-state index is 0.0937. The van der Waals surface area contributed by atoms with Crippen molar-refractivity contribution in [1.82, 2.24) is 26.6 Å². The van der Waals surface area contributed by atoms with Gasteiger partial charge in [0.2, 0.25) is 17.7 Å². The molecule has 1 aromatic carbocycles. The molecule has 1 heterocycles. The van der Waals surface area contributed by atoms with Crippen LogP contribution >= 0.6 is 0 Å². The Balaban J connectivity index is 2.19. The minimum atomic E-state index is -1.01. The normalized spacial score (nSPS) is 20.4. The second kappa shape index (κ2) is 16.3. The zero-order chi connectivity index (χ0) is 30.5. The average molecular weight is 576 g/mol. The van der Waals surface area contributed by atoms with E-state index in [0.717, 1.165) is 0 Å². The van der Waals surface area contributed by atoms with Crippen molar-refractivity contribution in [3.63, 3.8) is 0 Å². The van der Waals surface area contributed by atoms with Crippen LogP contribution in [0.3, 0.4) is 0 Å². The molecule has 5 N–H and O–H groups in total. The molecule has 12 heteroatoms. The van der Waals surface area contributed by atoms with Crippen LogP contribution in [0, 0.1) is 17.7 Å². The fourth-order valence-electron chi connectivity index (χ4n) is 4.31. The first-order valence-corrected chi connectivity index (χ1v) is 13.9. The van der Waals surface area contributed by atoms with E-state index in [0.29, 0.717) is 24.9 Å². The Bertz CT molecular complexity index is 1110. The van der Waals surface area contributed by atoms with Gasteiger partial charge in [0.25, 0.3) is 0 Å². The summed E-state index contributed by atoms with van der Waals surface area (Å²) in [6.45, 7) is 7.36. The molecule has 0 radical (unpaired) electrons. The SMILES string of the molecule is COC(=O)[C@@H](NC(=O)N[C@H](C(=O)N[C@H]1CCCCNC(=O)/C=C\[C@H](Cc2ccccc2F)NC1=O)C(C)C)C(C)C. The molecular weight excluding hydrogens is 533 g/mol. The summed E-state index contributed by atoms with van der Waals surface area (Å²) in [4.78, 5) is 63.6. The first kappa shape index (κ1) is 33.2. The van der Waals surface area contributed by atoms with Gasteiger partial charge in [-0.25, -0.2) is 14.0 Å². The predicted octanol–water partition coefficient (Wildman–Crippen LogP) is 1.72. The van der Waals surface area contributed by atoms with Gasteiger partial charge in [-0.2, -0.15) is 0 Å². The number of benzene rings is 1. The van der Waals surface area contributed by atoms with Crippen LogP contribution < -0.4 is 26.6 Å². The van der Waals surface area contributed by atoms with Crippen molar-refractivity contribution in [1.29, 1.82) is 0 Å². The van der Waals surface area contributed by atoms with E-state index in [4.69, 9.17) is 4.74 Å². The molecule has 1 aliphatic rings. The van der Waals surface area contributed by atoms with Crippen molar-refractivity contribution in [3.8, 4) is 0 Å². The maximum atomic E-state index is 14.3. The van der Waals surface area contributed by atoms with Crippen molar-refractivity contribution >= 4 is 29.7 Å². The Morgan fingerprint density at radius 1 is 1.02 bits per heavy atom. The van der Waals surface area contributed by atoms with Gasteiger partial charge in [-0.1, -0.05) is 52.0 Å². The number of amides is 5. The molecule has 0 bridgehead atoms. The van der Waals surface area contributed by atoms with E-state index in [1.807, 2.05) is 0 Å². The number of hydrogen-bond donors (Lipinski definition) is 5. The zero-order valence-corrected chi connectivity index (χ0v) is 24.3. The predicted molar refractivity (Wildman–Crippen MR) is 151 cm³/mol. The van der Waals surface area contributed by atoms with Gasteiger partial charge in [-0.3, -0.25) is 14.4 Å². The number of esters is 1. The van der Waals surface area contributed by atoms with Gasteiger partial charge in [0.05, 0.1) is 13.2 Å². The van der Waals surface area contributed by atoms with Gasteiger partial charge >= 0.3 is 12.0 Å². The summed E-state index contributed by atoms with van der Waals surface area (Å²) >= 11 is 0. The van der Waals surface area contributed by atoms with Crippen molar-refractivity contribution in [2.24, 2.45) is 11.8 Å². The summed E-state index contributed by atoms with van der Waals surface area (Å²) in [6, 6.07) is 1.84. The van der Waals surface area contributed by atoms with Crippen molar-refractivity contribution in [3.05, 3.63) is 47.8 Å². The lowest BCUT2D eigenvalue weighted by atomic mass is 10.0. The average Bonchev–Trinajstić information content (AvgIpc) is 2.92. The van der Waals surface area contributed by atoms with E-state index in [1.54, 1.807) is 45.9 Å². The lowest BCUT2D eigenvalue weighted by Gasteiger charge is -2.27. The van der Waals surface area contributed by atoms with Crippen LogP contribution in [0.2, 0.25) is 0 Å². The van der Waals surface area contributed by atoms with Gasteiger partial charge in [-0.05, 0) is 49.1 Å². The number of nitrogens with one attached hydrogen (secondary N) is 5. The van der Waals surface area contributed by atoms with Gasteiger partial charge < -0.3 is 31.3 Å². The molecular formula is C29H42FN5O6. The van der Waals surface area contributed by atoms with Crippen LogP contribution in [0.1, 0.15) is 52.5 Å². The summed E-state index contributed by atoms with van der Waals surface area (Å²) < 4.78 is 19.1. The van der Waals surface area contributed by atoms with E-state index in [2.05, 4.69) is 26.6 Å². The third kappa shape index (κ3) is 10.8. The van der Waals surface area contributed by atoms with E-state index in [1.165, 1.54) is 25.3 Å². The van der Waals surface area contributed by atoms with Crippen molar-refractivity contribution in [2.45, 2.75) is 77.5 Å². The summed E-state index contributed by atoms with van der Waals surface area (Å²) in [6.07, 6.45) is 4.27. The molecule has 0 aliphatic carbocycles. The highest BCUT2D eigenvalue weighted by Crippen LogP contribution is 2.12. The molecule has 1 aromatic rings. The number of carbonyl (C=O) groups excluding carboxylic acids is 5.